The quantitative estimate of drug-likeness (QED) is 0.375. The Morgan fingerprint density at radius 1 is 1.14 bits per heavy atom. The van der Waals surface area contributed by atoms with Gasteiger partial charge in [-0.2, -0.15) is 0 Å². The van der Waals surface area contributed by atoms with E-state index >= 15 is 0 Å². The van der Waals surface area contributed by atoms with Crippen molar-refractivity contribution in [3.63, 3.8) is 0 Å². The van der Waals surface area contributed by atoms with Crippen molar-refractivity contribution in [2.45, 2.75) is 65.8 Å². The highest BCUT2D eigenvalue weighted by molar-refractivity contribution is 5.79. The fourth-order valence-electron chi connectivity index (χ4n) is 2.33. The van der Waals surface area contributed by atoms with Gasteiger partial charge in [-0.15, -0.1) is 0 Å². The van der Waals surface area contributed by atoms with E-state index in [1.807, 2.05) is 19.3 Å². The van der Waals surface area contributed by atoms with Crippen LogP contribution < -0.4 is 10.6 Å². The number of nitrogens with zero attached hydrogens (tertiary/aromatic N) is 3. The number of aliphatic imine (C=N–C) groups is 1. The molecule has 0 radical (unpaired) electrons. The van der Waals surface area contributed by atoms with Crippen molar-refractivity contribution in [1.29, 1.82) is 0 Å². The summed E-state index contributed by atoms with van der Waals surface area (Å²) in [7, 11) is 0. The lowest BCUT2D eigenvalue weighted by Gasteiger charge is -2.11. The predicted octanol–water partition coefficient (Wildman–Crippen LogP) is 3.11. The summed E-state index contributed by atoms with van der Waals surface area (Å²) in [4.78, 5) is 8.87. The van der Waals surface area contributed by atoms with E-state index in [1.165, 1.54) is 25.7 Å². The molecule has 0 saturated heterocycles. The Kier molecular flexibility index (Phi) is 10.2. The highest BCUT2D eigenvalue weighted by atomic mass is 15.2. The molecular formula is C17H33N5. The molecule has 0 aliphatic heterocycles. The Balaban J connectivity index is 2.14. The normalized spacial score (nSPS) is 11.7. The fourth-order valence-corrected chi connectivity index (χ4v) is 2.33. The monoisotopic (exact) mass is 307 g/mol. The lowest BCUT2D eigenvalue weighted by Crippen LogP contribution is -2.37. The topological polar surface area (TPSA) is 54.2 Å². The van der Waals surface area contributed by atoms with Crippen LogP contribution in [0.25, 0.3) is 0 Å². The Morgan fingerprint density at radius 3 is 2.68 bits per heavy atom. The molecule has 1 aromatic rings. The number of unbranched alkanes of at least 4 members (excludes halogenated alkanes) is 4. The number of hydrogen-bond donors (Lipinski definition) is 2. The van der Waals surface area contributed by atoms with Crippen molar-refractivity contribution < 1.29 is 0 Å². The molecular weight excluding hydrogens is 274 g/mol. The van der Waals surface area contributed by atoms with Crippen LogP contribution in [0.3, 0.4) is 0 Å². The summed E-state index contributed by atoms with van der Waals surface area (Å²) in [5, 5.41) is 6.73. The van der Waals surface area contributed by atoms with E-state index in [1.54, 1.807) is 0 Å². The van der Waals surface area contributed by atoms with Gasteiger partial charge >= 0.3 is 0 Å². The van der Waals surface area contributed by atoms with Gasteiger partial charge in [0.2, 0.25) is 0 Å². The van der Waals surface area contributed by atoms with Crippen LogP contribution in [-0.2, 0) is 6.54 Å². The minimum Gasteiger partial charge on any atom is -0.357 e. The van der Waals surface area contributed by atoms with Crippen LogP contribution in [0.4, 0.5) is 0 Å². The maximum Gasteiger partial charge on any atom is 0.191 e. The van der Waals surface area contributed by atoms with E-state index in [-0.39, 0.29) is 0 Å². The minimum atomic E-state index is 0.912. The molecule has 0 fully saturated rings. The largest absolute Gasteiger partial charge is 0.357 e. The van der Waals surface area contributed by atoms with Crippen molar-refractivity contribution >= 4 is 5.96 Å². The van der Waals surface area contributed by atoms with Crippen molar-refractivity contribution in [3.05, 3.63) is 18.2 Å². The smallest absolute Gasteiger partial charge is 0.191 e. The van der Waals surface area contributed by atoms with Gasteiger partial charge in [0.1, 0.15) is 5.82 Å². The number of aryl methyl sites for hydroxylation is 2. The van der Waals surface area contributed by atoms with Gasteiger partial charge in [0.25, 0.3) is 0 Å². The van der Waals surface area contributed by atoms with Crippen LogP contribution in [0.5, 0.6) is 0 Å². The second kappa shape index (κ2) is 12.1. The Hall–Kier alpha value is -1.52. The maximum absolute atomic E-state index is 4.63. The van der Waals surface area contributed by atoms with Crippen LogP contribution in [0.2, 0.25) is 0 Å². The number of imidazole rings is 1. The lowest BCUT2D eigenvalue weighted by molar-refractivity contribution is 0.588. The summed E-state index contributed by atoms with van der Waals surface area (Å²) in [6.45, 7) is 10.2. The Morgan fingerprint density at radius 2 is 2.00 bits per heavy atom. The zero-order valence-electron chi connectivity index (χ0n) is 14.6. The predicted molar refractivity (Wildman–Crippen MR) is 94.3 cm³/mol. The van der Waals surface area contributed by atoms with Gasteiger partial charge in [0.15, 0.2) is 5.96 Å². The van der Waals surface area contributed by atoms with Crippen molar-refractivity contribution in [2.24, 2.45) is 4.99 Å². The van der Waals surface area contributed by atoms with Gasteiger partial charge in [0, 0.05) is 38.6 Å². The zero-order valence-corrected chi connectivity index (χ0v) is 14.6. The second-order valence-electron chi connectivity index (χ2n) is 5.62. The first-order valence-corrected chi connectivity index (χ1v) is 8.77. The van der Waals surface area contributed by atoms with Crippen LogP contribution in [0.15, 0.2) is 17.4 Å². The molecule has 0 saturated carbocycles. The molecule has 0 aliphatic carbocycles. The van der Waals surface area contributed by atoms with E-state index < -0.39 is 0 Å². The summed E-state index contributed by atoms with van der Waals surface area (Å²) in [6.07, 6.45) is 11.3. The first kappa shape index (κ1) is 18.5. The van der Waals surface area contributed by atoms with Crippen molar-refractivity contribution in [2.75, 3.05) is 19.6 Å². The fraction of sp³-hybridized carbons (Fsp3) is 0.765. The molecule has 22 heavy (non-hydrogen) atoms. The average Bonchev–Trinajstić information content (AvgIpc) is 2.92. The zero-order chi connectivity index (χ0) is 16.0. The van der Waals surface area contributed by atoms with Crippen molar-refractivity contribution in [1.82, 2.24) is 20.2 Å². The third kappa shape index (κ3) is 8.05. The molecule has 1 aromatic heterocycles. The van der Waals surface area contributed by atoms with Gasteiger partial charge < -0.3 is 15.2 Å². The van der Waals surface area contributed by atoms with E-state index in [9.17, 15) is 0 Å². The van der Waals surface area contributed by atoms with E-state index in [0.29, 0.717) is 0 Å². The van der Waals surface area contributed by atoms with Gasteiger partial charge in [-0.3, -0.25) is 4.99 Å². The van der Waals surface area contributed by atoms with Crippen LogP contribution in [0, 0.1) is 6.92 Å². The summed E-state index contributed by atoms with van der Waals surface area (Å²) < 4.78 is 2.20. The lowest BCUT2D eigenvalue weighted by atomic mass is 10.2. The minimum absolute atomic E-state index is 0.912. The molecule has 5 nitrogen and oxygen atoms in total. The third-order valence-corrected chi connectivity index (χ3v) is 3.67. The summed E-state index contributed by atoms with van der Waals surface area (Å²) in [5.41, 5.74) is 0. The van der Waals surface area contributed by atoms with Crippen LogP contribution in [-0.4, -0.2) is 35.1 Å². The summed E-state index contributed by atoms with van der Waals surface area (Å²) >= 11 is 0. The second-order valence-corrected chi connectivity index (χ2v) is 5.62. The molecule has 1 heterocycles. The third-order valence-electron chi connectivity index (χ3n) is 3.67. The van der Waals surface area contributed by atoms with Gasteiger partial charge in [-0.25, -0.2) is 4.98 Å². The van der Waals surface area contributed by atoms with Crippen molar-refractivity contribution in [3.8, 4) is 0 Å². The molecule has 5 heteroatoms. The SMILES string of the molecule is CCCCCCN=C(NCC)NCCCCn1ccnc1C. The van der Waals surface area contributed by atoms with E-state index in [2.05, 4.69) is 39.0 Å². The van der Waals surface area contributed by atoms with Gasteiger partial charge in [-0.05, 0) is 33.1 Å². The van der Waals surface area contributed by atoms with Gasteiger partial charge in [-0.1, -0.05) is 26.2 Å². The number of aromatic nitrogens is 2. The van der Waals surface area contributed by atoms with E-state index in [0.717, 1.165) is 50.8 Å². The molecule has 126 valence electrons. The highest BCUT2D eigenvalue weighted by Crippen LogP contribution is 2.00. The number of rotatable bonds is 11. The standard InChI is InChI=1S/C17H33N5/c1-4-6-7-8-11-20-17(18-5-2)21-12-9-10-14-22-15-13-19-16(22)3/h13,15H,4-12,14H2,1-3H3,(H2,18,20,21). The number of hydrogen-bond acceptors (Lipinski definition) is 2. The maximum atomic E-state index is 4.63. The molecule has 0 unspecified atom stereocenters. The number of nitrogens with one attached hydrogen (secondary N) is 2. The Bertz CT molecular complexity index is 411. The van der Waals surface area contributed by atoms with Crippen LogP contribution >= 0.6 is 0 Å². The number of guanidine groups is 1. The molecule has 0 bridgehead atoms. The molecule has 0 spiro atoms. The summed E-state index contributed by atoms with van der Waals surface area (Å²) in [6, 6.07) is 0. The highest BCUT2D eigenvalue weighted by Gasteiger charge is 1.98. The summed E-state index contributed by atoms with van der Waals surface area (Å²) in [5.74, 6) is 2.05. The molecule has 1 rings (SSSR count). The van der Waals surface area contributed by atoms with Gasteiger partial charge in [0.05, 0.1) is 0 Å². The first-order chi connectivity index (χ1) is 10.8. The Labute approximate surface area is 135 Å². The first-order valence-electron chi connectivity index (χ1n) is 8.77. The molecule has 0 amide bonds. The molecule has 2 N–H and O–H groups in total. The van der Waals surface area contributed by atoms with E-state index in [4.69, 9.17) is 0 Å². The molecule has 0 aromatic carbocycles. The molecule has 0 aliphatic rings. The molecule has 0 atom stereocenters. The van der Waals surface area contributed by atoms with Crippen LogP contribution in [0.1, 0.15) is 58.2 Å². The average molecular weight is 307 g/mol.